The predicted octanol–water partition coefficient (Wildman–Crippen LogP) is 1.91. The van der Waals surface area contributed by atoms with Gasteiger partial charge in [-0.2, -0.15) is 0 Å². The molecule has 0 saturated heterocycles. The summed E-state index contributed by atoms with van der Waals surface area (Å²) in [5, 5.41) is 3.32. The van der Waals surface area contributed by atoms with Crippen molar-refractivity contribution in [2.24, 2.45) is 0 Å². The van der Waals surface area contributed by atoms with Crippen LogP contribution in [0, 0.1) is 6.92 Å². The van der Waals surface area contributed by atoms with E-state index in [1.807, 2.05) is 6.92 Å². The number of thiazole rings is 1. The Labute approximate surface area is 125 Å². The van der Waals surface area contributed by atoms with Crippen molar-refractivity contribution >= 4 is 32.6 Å². The van der Waals surface area contributed by atoms with Gasteiger partial charge in [-0.3, -0.25) is 14.8 Å². The van der Waals surface area contributed by atoms with Crippen molar-refractivity contribution in [3.8, 4) is 0 Å². The summed E-state index contributed by atoms with van der Waals surface area (Å²) in [6.07, 6.45) is 3.33. The molecule has 3 N–H and O–H groups in total. The van der Waals surface area contributed by atoms with Crippen LogP contribution < -0.4 is 11.1 Å². The number of amides is 1. The molecule has 21 heavy (non-hydrogen) atoms. The molecule has 0 bridgehead atoms. The molecule has 0 spiro atoms. The lowest BCUT2D eigenvalue weighted by atomic mass is 10.2. The predicted molar refractivity (Wildman–Crippen MR) is 82.0 cm³/mol. The molecule has 0 unspecified atom stereocenters. The van der Waals surface area contributed by atoms with Gasteiger partial charge >= 0.3 is 0 Å². The first-order valence-electron chi connectivity index (χ1n) is 6.33. The maximum atomic E-state index is 12.1. The number of nitrogens with one attached hydrogen (secondary N) is 1. The van der Waals surface area contributed by atoms with Crippen LogP contribution in [-0.4, -0.2) is 20.9 Å². The molecule has 1 aromatic carbocycles. The van der Waals surface area contributed by atoms with Crippen molar-refractivity contribution in [3.63, 3.8) is 0 Å². The Hall–Kier alpha value is -2.54. The van der Waals surface area contributed by atoms with Crippen LogP contribution >= 0.6 is 11.3 Å². The molecular formula is C14H13N5OS. The number of carbonyl (C=O) groups excluding carboxylic acids is 1. The molecule has 6 nitrogen and oxygen atoms in total. The number of aryl methyl sites for hydroxylation is 1. The van der Waals surface area contributed by atoms with Gasteiger partial charge in [-0.15, -0.1) is 0 Å². The van der Waals surface area contributed by atoms with Crippen LogP contribution in [0.4, 0.5) is 5.13 Å². The highest BCUT2D eigenvalue weighted by Gasteiger charge is 2.09. The average Bonchev–Trinajstić information content (AvgIpc) is 2.85. The second-order valence-corrected chi connectivity index (χ2v) is 5.63. The highest BCUT2D eigenvalue weighted by atomic mass is 32.1. The van der Waals surface area contributed by atoms with E-state index in [-0.39, 0.29) is 5.91 Å². The summed E-state index contributed by atoms with van der Waals surface area (Å²) in [4.78, 5) is 24.6. The molecule has 2 heterocycles. The number of fused-ring (bicyclic) bond motifs is 1. The molecule has 0 aliphatic heterocycles. The molecule has 0 aliphatic carbocycles. The molecular weight excluding hydrogens is 286 g/mol. The van der Waals surface area contributed by atoms with Gasteiger partial charge in [-0.05, 0) is 25.1 Å². The van der Waals surface area contributed by atoms with Gasteiger partial charge in [0.15, 0.2) is 5.13 Å². The minimum Gasteiger partial charge on any atom is -0.375 e. The van der Waals surface area contributed by atoms with Crippen molar-refractivity contribution in [1.29, 1.82) is 0 Å². The van der Waals surface area contributed by atoms with Crippen molar-refractivity contribution < 1.29 is 4.79 Å². The van der Waals surface area contributed by atoms with Crippen LogP contribution in [0.25, 0.3) is 10.2 Å². The molecule has 0 fully saturated rings. The quantitative estimate of drug-likeness (QED) is 0.770. The van der Waals surface area contributed by atoms with Crippen molar-refractivity contribution in [2.45, 2.75) is 13.5 Å². The number of rotatable bonds is 3. The Morgan fingerprint density at radius 3 is 2.95 bits per heavy atom. The summed E-state index contributed by atoms with van der Waals surface area (Å²) in [6.45, 7) is 2.21. The number of nitrogens with two attached hydrogens (primary N) is 1. The van der Waals surface area contributed by atoms with Gasteiger partial charge < -0.3 is 11.1 Å². The lowest BCUT2D eigenvalue weighted by Gasteiger charge is -2.04. The first-order chi connectivity index (χ1) is 10.1. The Kier molecular flexibility index (Phi) is 3.49. The summed E-state index contributed by atoms with van der Waals surface area (Å²) >= 11 is 1.36. The normalized spacial score (nSPS) is 10.7. The number of benzene rings is 1. The zero-order chi connectivity index (χ0) is 14.8. The molecule has 0 saturated carbocycles. The average molecular weight is 299 g/mol. The van der Waals surface area contributed by atoms with Crippen LogP contribution in [0.2, 0.25) is 0 Å². The van der Waals surface area contributed by atoms with Gasteiger partial charge in [0.2, 0.25) is 0 Å². The monoisotopic (exact) mass is 299 g/mol. The van der Waals surface area contributed by atoms with E-state index in [2.05, 4.69) is 20.3 Å². The van der Waals surface area contributed by atoms with Crippen LogP contribution in [0.1, 0.15) is 21.7 Å². The molecule has 3 aromatic rings. The Balaban J connectivity index is 1.72. The number of carbonyl (C=O) groups is 1. The molecule has 3 rings (SSSR count). The lowest BCUT2D eigenvalue weighted by molar-refractivity contribution is 0.0950. The van der Waals surface area contributed by atoms with Crippen LogP contribution in [0.5, 0.6) is 0 Å². The van der Waals surface area contributed by atoms with E-state index >= 15 is 0 Å². The summed E-state index contributed by atoms with van der Waals surface area (Å²) in [7, 11) is 0. The highest BCUT2D eigenvalue weighted by Crippen LogP contribution is 2.24. The lowest BCUT2D eigenvalue weighted by Crippen LogP contribution is -2.23. The molecule has 0 radical (unpaired) electrons. The van der Waals surface area contributed by atoms with E-state index in [4.69, 9.17) is 5.73 Å². The fourth-order valence-corrected chi connectivity index (χ4v) is 2.64. The molecule has 7 heteroatoms. The van der Waals surface area contributed by atoms with Crippen LogP contribution in [-0.2, 0) is 6.54 Å². The van der Waals surface area contributed by atoms with Gasteiger partial charge in [0.1, 0.15) is 0 Å². The molecule has 2 aromatic heterocycles. The van der Waals surface area contributed by atoms with E-state index in [9.17, 15) is 4.79 Å². The second-order valence-electron chi connectivity index (χ2n) is 4.57. The standard InChI is InChI=1S/C14H13N5OS/c1-8-5-17-10(6-16-8)7-18-13(20)9-2-3-11-12(4-9)21-14(15)19-11/h2-6H,7H2,1H3,(H2,15,19)(H,18,20). The summed E-state index contributed by atoms with van der Waals surface area (Å²) in [5.74, 6) is -0.161. The number of nitrogens with zero attached hydrogens (tertiary/aromatic N) is 3. The van der Waals surface area contributed by atoms with Gasteiger partial charge in [0.05, 0.1) is 34.3 Å². The summed E-state index contributed by atoms with van der Waals surface area (Å²) in [5.41, 5.74) is 8.60. The number of aromatic nitrogens is 3. The third kappa shape index (κ3) is 2.97. The molecule has 1 amide bonds. The minimum atomic E-state index is -0.161. The van der Waals surface area contributed by atoms with E-state index < -0.39 is 0 Å². The first-order valence-corrected chi connectivity index (χ1v) is 7.15. The van der Waals surface area contributed by atoms with Crippen molar-refractivity contribution in [3.05, 3.63) is 47.5 Å². The maximum Gasteiger partial charge on any atom is 0.251 e. The first kappa shape index (κ1) is 13.4. The Bertz CT molecular complexity index is 797. The summed E-state index contributed by atoms with van der Waals surface area (Å²) < 4.78 is 0.898. The second kappa shape index (κ2) is 5.45. The number of hydrogen-bond acceptors (Lipinski definition) is 6. The van der Waals surface area contributed by atoms with E-state index in [0.29, 0.717) is 17.2 Å². The Morgan fingerprint density at radius 2 is 2.19 bits per heavy atom. The number of nitrogen functional groups attached to an aromatic ring is 1. The van der Waals surface area contributed by atoms with Gasteiger partial charge in [-0.1, -0.05) is 11.3 Å². The topological polar surface area (TPSA) is 93.8 Å². The minimum absolute atomic E-state index is 0.161. The van der Waals surface area contributed by atoms with Crippen LogP contribution in [0.15, 0.2) is 30.6 Å². The zero-order valence-electron chi connectivity index (χ0n) is 11.3. The maximum absolute atomic E-state index is 12.1. The van der Waals surface area contributed by atoms with Gasteiger partial charge in [0, 0.05) is 11.8 Å². The third-order valence-electron chi connectivity index (χ3n) is 2.93. The van der Waals surface area contributed by atoms with Crippen molar-refractivity contribution in [2.75, 3.05) is 5.73 Å². The van der Waals surface area contributed by atoms with E-state index in [0.717, 1.165) is 21.6 Å². The van der Waals surface area contributed by atoms with Gasteiger partial charge in [0.25, 0.3) is 5.91 Å². The van der Waals surface area contributed by atoms with Gasteiger partial charge in [-0.25, -0.2) is 4.98 Å². The highest BCUT2D eigenvalue weighted by molar-refractivity contribution is 7.22. The van der Waals surface area contributed by atoms with Crippen molar-refractivity contribution in [1.82, 2.24) is 20.3 Å². The summed E-state index contributed by atoms with van der Waals surface area (Å²) in [6, 6.07) is 5.32. The molecule has 0 atom stereocenters. The Morgan fingerprint density at radius 1 is 1.33 bits per heavy atom. The fourth-order valence-electron chi connectivity index (χ4n) is 1.87. The largest absolute Gasteiger partial charge is 0.375 e. The number of anilines is 1. The van der Waals surface area contributed by atoms with E-state index in [1.165, 1.54) is 11.3 Å². The smallest absolute Gasteiger partial charge is 0.251 e. The fraction of sp³-hybridized carbons (Fsp3) is 0.143. The SMILES string of the molecule is Cc1cnc(CNC(=O)c2ccc3nc(N)sc3c2)cn1. The molecule has 0 aliphatic rings. The van der Waals surface area contributed by atoms with E-state index in [1.54, 1.807) is 30.6 Å². The molecule has 106 valence electrons. The zero-order valence-corrected chi connectivity index (χ0v) is 12.1. The number of hydrogen-bond donors (Lipinski definition) is 2. The van der Waals surface area contributed by atoms with Crippen LogP contribution in [0.3, 0.4) is 0 Å². The third-order valence-corrected chi connectivity index (χ3v) is 3.78.